The van der Waals surface area contributed by atoms with Gasteiger partial charge in [-0.1, -0.05) is 33.1 Å². The lowest BCUT2D eigenvalue weighted by atomic mass is 9.73. The van der Waals surface area contributed by atoms with Crippen LogP contribution >= 0.6 is 0 Å². The lowest BCUT2D eigenvalue weighted by molar-refractivity contribution is 0.0560. The van der Waals surface area contributed by atoms with Crippen LogP contribution < -0.4 is 5.32 Å². The van der Waals surface area contributed by atoms with Crippen LogP contribution in [0.1, 0.15) is 58.8 Å². The second-order valence-corrected chi connectivity index (χ2v) is 7.77. The molecule has 1 aliphatic heterocycles. The number of nitrogens with one attached hydrogen (secondary N) is 1. The predicted octanol–water partition coefficient (Wildman–Crippen LogP) is 3.29. The minimum Gasteiger partial charge on any atom is -0.384 e. The summed E-state index contributed by atoms with van der Waals surface area (Å²) in [6, 6.07) is 0.608. The molecule has 2 rings (SSSR count). The third-order valence-electron chi connectivity index (χ3n) is 5.47. The van der Waals surface area contributed by atoms with Crippen LogP contribution in [0.2, 0.25) is 0 Å². The Kier molecular flexibility index (Phi) is 6.97. The fourth-order valence-corrected chi connectivity index (χ4v) is 4.13. The summed E-state index contributed by atoms with van der Waals surface area (Å²) in [7, 11) is 1.83. The standard InChI is InChI=1S/C18H36N2O/c1-16(2)19-14-18(9-5-4-6-10-18)15-20-11-7-17(8-12-20)13-21-3/h16-17,19H,4-15H2,1-3H3. The van der Waals surface area contributed by atoms with Crippen molar-refractivity contribution in [3.8, 4) is 0 Å². The Morgan fingerprint density at radius 2 is 1.81 bits per heavy atom. The smallest absolute Gasteiger partial charge is 0.0491 e. The SMILES string of the molecule is COCC1CCN(CC2(CNC(C)C)CCCCC2)CC1. The molecule has 1 heterocycles. The second kappa shape index (κ2) is 8.50. The van der Waals surface area contributed by atoms with Crippen LogP contribution in [-0.4, -0.2) is 50.8 Å². The highest BCUT2D eigenvalue weighted by molar-refractivity contribution is 4.89. The van der Waals surface area contributed by atoms with Gasteiger partial charge in [-0.15, -0.1) is 0 Å². The van der Waals surface area contributed by atoms with E-state index in [1.807, 2.05) is 7.11 Å². The Hall–Kier alpha value is -0.120. The Bertz CT molecular complexity index is 279. The molecule has 1 saturated carbocycles. The van der Waals surface area contributed by atoms with Crippen molar-refractivity contribution in [2.24, 2.45) is 11.3 Å². The summed E-state index contributed by atoms with van der Waals surface area (Å²) in [4.78, 5) is 2.74. The van der Waals surface area contributed by atoms with Crippen LogP contribution in [0.25, 0.3) is 0 Å². The van der Waals surface area contributed by atoms with E-state index in [0.717, 1.165) is 12.5 Å². The van der Waals surface area contributed by atoms with Gasteiger partial charge in [-0.25, -0.2) is 0 Å². The molecular weight excluding hydrogens is 260 g/mol. The van der Waals surface area contributed by atoms with Crippen molar-refractivity contribution in [1.29, 1.82) is 0 Å². The van der Waals surface area contributed by atoms with Gasteiger partial charge in [0.25, 0.3) is 0 Å². The fraction of sp³-hybridized carbons (Fsp3) is 1.00. The Balaban J connectivity index is 1.84. The first-order valence-corrected chi connectivity index (χ1v) is 9.08. The quantitative estimate of drug-likeness (QED) is 0.780. The molecule has 0 aromatic carbocycles. The summed E-state index contributed by atoms with van der Waals surface area (Å²) in [6.07, 6.45) is 9.79. The number of rotatable bonds is 7. The third-order valence-corrected chi connectivity index (χ3v) is 5.47. The summed E-state index contributed by atoms with van der Waals surface area (Å²) >= 11 is 0. The summed E-state index contributed by atoms with van der Waals surface area (Å²) in [5.41, 5.74) is 0.538. The zero-order chi connectivity index (χ0) is 15.1. The lowest BCUT2D eigenvalue weighted by Crippen LogP contribution is -2.48. The Labute approximate surface area is 131 Å². The maximum Gasteiger partial charge on any atom is 0.0491 e. The number of hydrogen-bond acceptors (Lipinski definition) is 3. The van der Waals surface area contributed by atoms with E-state index in [-0.39, 0.29) is 0 Å². The second-order valence-electron chi connectivity index (χ2n) is 7.77. The average molecular weight is 296 g/mol. The van der Waals surface area contributed by atoms with E-state index in [2.05, 4.69) is 24.1 Å². The largest absolute Gasteiger partial charge is 0.384 e. The van der Waals surface area contributed by atoms with Gasteiger partial charge in [0, 0.05) is 32.8 Å². The van der Waals surface area contributed by atoms with Crippen molar-refractivity contribution in [2.75, 3.05) is 39.9 Å². The monoisotopic (exact) mass is 296 g/mol. The third kappa shape index (κ3) is 5.54. The molecule has 3 heteroatoms. The van der Waals surface area contributed by atoms with Crippen LogP contribution in [0.4, 0.5) is 0 Å². The highest BCUT2D eigenvalue weighted by Crippen LogP contribution is 2.37. The molecule has 2 fully saturated rings. The molecule has 0 atom stereocenters. The van der Waals surface area contributed by atoms with Crippen molar-refractivity contribution < 1.29 is 4.74 Å². The lowest BCUT2D eigenvalue weighted by Gasteiger charge is -2.43. The summed E-state index contributed by atoms with van der Waals surface area (Å²) in [5, 5.41) is 3.73. The maximum atomic E-state index is 5.32. The molecule has 2 aliphatic rings. The van der Waals surface area contributed by atoms with Crippen LogP contribution in [0.3, 0.4) is 0 Å². The number of nitrogens with zero attached hydrogens (tertiary/aromatic N) is 1. The van der Waals surface area contributed by atoms with E-state index in [4.69, 9.17) is 4.74 Å². The molecule has 0 amide bonds. The van der Waals surface area contributed by atoms with E-state index in [9.17, 15) is 0 Å². The highest BCUT2D eigenvalue weighted by Gasteiger charge is 2.34. The average Bonchev–Trinajstić information content (AvgIpc) is 2.49. The first-order valence-electron chi connectivity index (χ1n) is 9.08. The van der Waals surface area contributed by atoms with Crippen LogP contribution in [0, 0.1) is 11.3 Å². The molecule has 0 unspecified atom stereocenters. The van der Waals surface area contributed by atoms with Gasteiger partial charge in [-0.3, -0.25) is 0 Å². The van der Waals surface area contributed by atoms with Gasteiger partial charge < -0.3 is 15.0 Å². The van der Waals surface area contributed by atoms with Crippen LogP contribution in [0.5, 0.6) is 0 Å². The molecule has 0 spiro atoms. The number of piperidine rings is 1. The topological polar surface area (TPSA) is 24.5 Å². The number of methoxy groups -OCH3 is 1. The maximum absolute atomic E-state index is 5.32. The van der Waals surface area contributed by atoms with E-state index in [0.29, 0.717) is 11.5 Å². The van der Waals surface area contributed by atoms with E-state index in [1.54, 1.807) is 0 Å². The summed E-state index contributed by atoms with van der Waals surface area (Å²) < 4.78 is 5.32. The number of ether oxygens (including phenoxy) is 1. The number of likely N-dealkylation sites (tertiary alicyclic amines) is 1. The predicted molar refractivity (Wildman–Crippen MR) is 89.7 cm³/mol. The molecule has 3 nitrogen and oxygen atoms in total. The van der Waals surface area contributed by atoms with Gasteiger partial charge in [0.2, 0.25) is 0 Å². The molecule has 124 valence electrons. The first kappa shape index (κ1) is 17.2. The minimum absolute atomic E-state index is 0.538. The minimum atomic E-state index is 0.538. The van der Waals surface area contributed by atoms with Crippen molar-refractivity contribution in [1.82, 2.24) is 10.2 Å². The van der Waals surface area contributed by atoms with Crippen molar-refractivity contribution in [3.63, 3.8) is 0 Å². The molecule has 1 N–H and O–H groups in total. The van der Waals surface area contributed by atoms with E-state index in [1.165, 1.54) is 71.1 Å². The molecule has 21 heavy (non-hydrogen) atoms. The zero-order valence-corrected chi connectivity index (χ0v) is 14.5. The Morgan fingerprint density at radius 3 is 2.38 bits per heavy atom. The van der Waals surface area contributed by atoms with Gasteiger partial charge in [0.15, 0.2) is 0 Å². The van der Waals surface area contributed by atoms with Crippen LogP contribution in [0.15, 0.2) is 0 Å². The van der Waals surface area contributed by atoms with Gasteiger partial charge in [-0.2, -0.15) is 0 Å². The number of hydrogen-bond donors (Lipinski definition) is 1. The van der Waals surface area contributed by atoms with Crippen molar-refractivity contribution >= 4 is 0 Å². The molecule has 0 aromatic rings. The van der Waals surface area contributed by atoms with Gasteiger partial charge >= 0.3 is 0 Å². The first-order chi connectivity index (χ1) is 10.1. The van der Waals surface area contributed by atoms with E-state index >= 15 is 0 Å². The molecule has 0 bridgehead atoms. The molecule has 0 aromatic heterocycles. The molecule has 1 aliphatic carbocycles. The zero-order valence-electron chi connectivity index (χ0n) is 14.5. The normalized spacial score (nSPS) is 24.6. The van der Waals surface area contributed by atoms with Gasteiger partial charge in [-0.05, 0) is 50.1 Å². The van der Waals surface area contributed by atoms with Crippen molar-refractivity contribution in [2.45, 2.75) is 64.8 Å². The summed E-state index contributed by atoms with van der Waals surface area (Å²) in [5.74, 6) is 0.794. The van der Waals surface area contributed by atoms with Gasteiger partial charge in [0.05, 0.1) is 0 Å². The van der Waals surface area contributed by atoms with Gasteiger partial charge in [0.1, 0.15) is 0 Å². The molecule has 1 saturated heterocycles. The molecular formula is C18H36N2O. The highest BCUT2D eigenvalue weighted by atomic mass is 16.5. The van der Waals surface area contributed by atoms with Crippen molar-refractivity contribution in [3.05, 3.63) is 0 Å². The summed E-state index contributed by atoms with van der Waals surface area (Å²) in [6.45, 7) is 10.6. The van der Waals surface area contributed by atoms with E-state index < -0.39 is 0 Å². The molecule has 0 radical (unpaired) electrons. The van der Waals surface area contributed by atoms with Crippen LogP contribution in [-0.2, 0) is 4.74 Å². The Morgan fingerprint density at radius 1 is 1.14 bits per heavy atom. The fourth-order valence-electron chi connectivity index (χ4n) is 4.13.